The Morgan fingerprint density at radius 1 is 1.20 bits per heavy atom. The minimum Gasteiger partial charge on any atom is -0.482 e. The molecule has 0 atom stereocenters. The Bertz CT molecular complexity index is 446. The number of hydrogen-bond donors (Lipinski definition) is 2. The number of amides is 2. The number of unbranched alkanes of at least 4 members (excludes halogenated alkanes) is 2. The summed E-state index contributed by atoms with van der Waals surface area (Å²) in [6.45, 7) is 4.16. The third kappa shape index (κ3) is 6.22. The fraction of sp³-hybridized carbons (Fsp3) is 0.467. The van der Waals surface area contributed by atoms with Crippen LogP contribution < -0.4 is 15.4 Å². The van der Waals surface area contributed by atoms with Gasteiger partial charge in [-0.15, -0.1) is 0 Å². The van der Waals surface area contributed by atoms with Crippen molar-refractivity contribution in [2.45, 2.75) is 33.1 Å². The molecule has 2 amide bonds. The smallest absolute Gasteiger partial charge is 0.257 e. The molecule has 0 aliphatic carbocycles. The van der Waals surface area contributed by atoms with Gasteiger partial charge in [-0.1, -0.05) is 31.9 Å². The van der Waals surface area contributed by atoms with Gasteiger partial charge >= 0.3 is 0 Å². The van der Waals surface area contributed by atoms with E-state index in [1.807, 2.05) is 0 Å². The highest BCUT2D eigenvalue weighted by Gasteiger charge is 2.07. The lowest BCUT2D eigenvalue weighted by Crippen LogP contribution is -2.29. The minimum absolute atomic E-state index is 0.0529. The van der Waals surface area contributed by atoms with Crippen molar-refractivity contribution in [2.75, 3.05) is 18.5 Å². The van der Waals surface area contributed by atoms with E-state index >= 15 is 0 Å². The van der Waals surface area contributed by atoms with Crippen LogP contribution >= 0.6 is 0 Å². The number of carbonyl (C=O) groups excluding carboxylic acids is 2. The first kappa shape index (κ1) is 16.0. The summed E-state index contributed by atoms with van der Waals surface area (Å²) in [6.07, 6.45) is 3.20. The van der Waals surface area contributed by atoms with Gasteiger partial charge in [0.1, 0.15) is 5.75 Å². The monoisotopic (exact) mass is 278 g/mol. The highest BCUT2D eigenvalue weighted by molar-refractivity contribution is 5.90. The summed E-state index contributed by atoms with van der Waals surface area (Å²) < 4.78 is 5.43. The molecule has 0 saturated heterocycles. The molecule has 0 fully saturated rings. The maximum atomic E-state index is 11.6. The van der Waals surface area contributed by atoms with Crippen LogP contribution in [-0.2, 0) is 9.59 Å². The number of hydrogen-bond acceptors (Lipinski definition) is 3. The number of para-hydroxylation sites is 2. The predicted molar refractivity (Wildman–Crippen MR) is 78.8 cm³/mol. The molecule has 1 aromatic carbocycles. The molecule has 0 saturated carbocycles. The van der Waals surface area contributed by atoms with E-state index in [1.165, 1.54) is 6.92 Å². The van der Waals surface area contributed by atoms with Crippen LogP contribution in [0.25, 0.3) is 0 Å². The van der Waals surface area contributed by atoms with Gasteiger partial charge in [0.25, 0.3) is 5.91 Å². The number of ether oxygens (including phenoxy) is 1. The van der Waals surface area contributed by atoms with E-state index in [2.05, 4.69) is 17.6 Å². The van der Waals surface area contributed by atoms with Crippen LogP contribution in [0.4, 0.5) is 5.69 Å². The number of nitrogens with one attached hydrogen (secondary N) is 2. The summed E-state index contributed by atoms with van der Waals surface area (Å²) in [4.78, 5) is 22.7. The van der Waals surface area contributed by atoms with Gasteiger partial charge in [0.2, 0.25) is 5.91 Å². The van der Waals surface area contributed by atoms with Crippen molar-refractivity contribution in [3.05, 3.63) is 24.3 Å². The quantitative estimate of drug-likeness (QED) is 0.717. The second-order valence-corrected chi connectivity index (χ2v) is 4.52. The minimum atomic E-state index is -0.176. The van der Waals surface area contributed by atoms with E-state index in [-0.39, 0.29) is 18.4 Å². The summed E-state index contributed by atoms with van der Waals surface area (Å²) in [6, 6.07) is 7.04. The largest absolute Gasteiger partial charge is 0.482 e. The molecule has 0 spiro atoms. The maximum Gasteiger partial charge on any atom is 0.257 e. The molecule has 0 aliphatic rings. The van der Waals surface area contributed by atoms with Gasteiger partial charge < -0.3 is 15.4 Å². The highest BCUT2D eigenvalue weighted by atomic mass is 16.5. The zero-order valence-corrected chi connectivity index (χ0v) is 12.1. The van der Waals surface area contributed by atoms with Crippen molar-refractivity contribution >= 4 is 17.5 Å². The molecule has 0 heterocycles. The zero-order chi connectivity index (χ0) is 14.8. The zero-order valence-electron chi connectivity index (χ0n) is 12.1. The van der Waals surface area contributed by atoms with Gasteiger partial charge in [-0.05, 0) is 18.6 Å². The molecular formula is C15H22N2O3. The predicted octanol–water partition coefficient (Wildman–Crippen LogP) is 2.33. The fourth-order valence-electron chi connectivity index (χ4n) is 1.68. The molecule has 110 valence electrons. The van der Waals surface area contributed by atoms with Crippen molar-refractivity contribution in [2.24, 2.45) is 0 Å². The Balaban J connectivity index is 2.41. The molecule has 0 aromatic heterocycles. The normalized spacial score (nSPS) is 9.90. The van der Waals surface area contributed by atoms with Gasteiger partial charge in [-0.25, -0.2) is 0 Å². The van der Waals surface area contributed by atoms with Crippen LogP contribution in [0.15, 0.2) is 24.3 Å². The molecule has 5 nitrogen and oxygen atoms in total. The number of benzene rings is 1. The van der Waals surface area contributed by atoms with Crippen molar-refractivity contribution in [3.63, 3.8) is 0 Å². The summed E-state index contributed by atoms with van der Waals surface area (Å²) >= 11 is 0. The average Bonchev–Trinajstić information content (AvgIpc) is 2.42. The Labute approximate surface area is 119 Å². The van der Waals surface area contributed by atoms with Crippen LogP contribution in [0.3, 0.4) is 0 Å². The van der Waals surface area contributed by atoms with Crippen LogP contribution in [0.1, 0.15) is 33.1 Å². The molecule has 0 aliphatic heterocycles. The van der Waals surface area contributed by atoms with E-state index < -0.39 is 0 Å². The molecule has 5 heteroatoms. The number of carbonyl (C=O) groups is 2. The topological polar surface area (TPSA) is 67.4 Å². The summed E-state index contributed by atoms with van der Waals surface area (Å²) in [5, 5.41) is 5.46. The third-order valence-electron chi connectivity index (χ3n) is 2.66. The Morgan fingerprint density at radius 3 is 2.65 bits per heavy atom. The second kappa shape index (κ2) is 8.96. The molecule has 0 bridgehead atoms. The van der Waals surface area contributed by atoms with Crippen molar-refractivity contribution < 1.29 is 14.3 Å². The van der Waals surface area contributed by atoms with Gasteiger partial charge in [0.05, 0.1) is 5.69 Å². The van der Waals surface area contributed by atoms with Gasteiger partial charge in [-0.3, -0.25) is 9.59 Å². The van der Waals surface area contributed by atoms with Gasteiger partial charge in [0.15, 0.2) is 6.61 Å². The first-order valence-corrected chi connectivity index (χ1v) is 6.89. The lowest BCUT2D eigenvalue weighted by Gasteiger charge is -2.11. The van der Waals surface area contributed by atoms with Gasteiger partial charge in [0, 0.05) is 13.5 Å². The van der Waals surface area contributed by atoms with E-state index in [1.54, 1.807) is 24.3 Å². The van der Waals surface area contributed by atoms with Crippen molar-refractivity contribution in [3.8, 4) is 5.75 Å². The Hall–Kier alpha value is -2.04. The lowest BCUT2D eigenvalue weighted by atomic mass is 10.2. The van der Waals surface area contributed by atoms with E-state index in [9.17, 15) is 9.59 Å². The molecule has 0 radical (unpaired) electrons. The van der Waals surface area contributed by atoms with E-state index in [0.29, 0.717) is 18.0 Å². The maximum absolute atomic E-state index is 11.6. The Morgan fingerprint density at radius 2 is 1.95 bits per heavy atom. The third-order valence-corrected chi connectivity index (χ3v) is 2.66. The van der Waals surface area contributed by atoms with E-state index in [0.717, 1.165) is 19.3 Å². The molecule has 2 N–H and O–H groups in total. The molecule has 1 aromatic rings. The van der Waals surface area contributed by atoms with Crippen LogP contribution in [0, 0.1) is 0 Å². The second-order valence-electron chi connectivity index (χ2n) is 4.52. The summed E-state index contributed by atoms with van der Waals surface area (Å²) in [7, 11) is 0. The van der Waals surface area contributed by atoms with E-state index in [4.69, 9.17) is 4.74 Å². The summed E-state index contributed by atoms with van der Waals surface area (Å²) in [5.74, 6) is 0.162. The standard InChI is InChI=1S/C15H22N2O3/c1-3-4-7-10-16-15(19)11-20-14-9-6-5-8-13(14)17-12(2)18/h5-6,8-9H,3-4,7,10-11H2,1-2H3,(H,16,19)(H,17,18). The first-order valence-electron chi connectivity index (χ1n) is 6.89. The van der Waals surface area contributed by atoms with Crippen molar-refractivity contribution in [1.29, 1.82) is 0 Å². The van der Waals surface area contributed by atoms with Crippen LogP contribution in [0.5, 0.6) is 5.75 Å². The van der Waals surface area contributed by atoms with Crippen molar-refractivity contribution in [1.82, 2.24) is 5.32 Å². The Kier molecular flexibility index (Phi) is 7.17. The molecule has 20 heavy (non-hydrogen) atoms. The molecular weight excluding hydrogens is 256 g/mol. The number of anilines is 1. The van der Waals surface area contributed by atoms with Crippen LogP contribution in [-0.4, -0.2) is 25.0 Å². The van der Waals surface area contributed by atoms with Gasteiger partial charge in [-0.2, -0.15) is 0 Å². The number of rotatable bonds is 8. The first-order chi connectivity index (χ1) is 9.63. The summed E-state index contributed by atoms with van der Waals surface area (Å²) in [5.41, 5.74) is 0.568. The molecule has 1 rings (SSSR count). The fourth-order valence-corrected chi connectivity index (χ4v) is 1.68. The SMILES string of the molecule is CCCCCNC(=O)COc1ccccc1NC(C)=O. The average molecular weight is 278 g/mol. The molecule has 0 unspecified atom stereocenters. The van der Waals surface area contributed by atoms with Crippen LogP contribution in [0.2, 0.25) is 0 Å². The lowest BCUT2D eigenvalue weighted by molar-refractivity contribution is -0.123. The highest BCUT2D eigenvalue weighted by Crippen LogP contribution is 2.23.